The van der Waals surface area contributed by atoms with Crippen LogP contribution in [0.5, 0.6) is 0 Å². The first-order valence-electron chi connectivity index (χ1n) is 7.36. The van der Waals surface area contributed by atoms with Gasteiger partial charge >= 0.3 is 0 Å². The van der Waals surface area contributed by atoms with Gasteiger partial charge < -0.3 is 15.2 Å². The molecule has 1 saturated carbocycles. The van der Waals surface area contributed by atoms with Gasteiger partial charge in [-0.2, -0.15) is 0 Å². The van der Waals surface area contributed by atoms with E-state index in [0.717, 1.165) is 39.0 Å². The maximum absolute atomic E-state index is 9.73. The summed E-state index contributed by atoms with van der Waals surface area (Å²) in [5, 5.41) is 13.2. The van der Waals surface area contributed by atoms with Crippen molar-refractivity contribution in [3.63, 3.8) is 0 Å². The molecular weight excluding hydrogens is 228 g/mol. The summed E-state index contributed by atoms with van der Waals surface area (Å²) in [4.78, 5) is 2.49. The second-order valence-corrected chi connectivity index (χ2v) is 5.90. The molecule has 0 amide bonds. The Balaban J connectivity index is 1.96. The fraction of sp³-hybridized carbons (Fsp3) is 1.00. The molecule has 3 atom stereocenters. The highest BCUT2D eigenvalue weighted by Crippen LogP contribution is 2.32. The first-order chi connectivity index (χ1) is 8.71. The van der Waals surface area contributed by atoms with Gasteiger partial charge in [0.25, 0.3) is 0 Å². The van der Waals surface area contributed by atoms with E-state index in [2.05, 4.69) is 24.2 Å². The fourth-order valence-corrected chi connectivity index (χ4v) is 3.56. The van der Waals surface area contributed by atoms with Gasteiger partial charge in [-0.3, -0.25) is 4.90 Å². The lowest BCUT2D eigenvalue weighted by Crippen LogP contribution is -2.56. The summed E-state index contributed by atoms with van der Waals surface area (Å²) in [6.45, 7) is 5.09. The number of nitrogens with one attached hydrogen (secondary N) is 1. The Hall–Kier alpha value is -0.160. The van der Waals surface area contributed by atoms with Crippen LogP contribution < -0.4 is 5.32 Å². The molecule has 18 heavy (non-hydrogen) atoms. The Bertz CT molecular complexity index is 252. The highest BCUT2D eigenvalue weighted by molar-refractivity contribution is 4.97. The lowest BCUT2D eigenvalue weighted by Gasteiger charge is -2.44. The van der Waals surface area contributed by atoms with Crippen molar-refractivity contribution in [3.8, 4) is 0 Å². The number of aliphatic hydroxyl groups is 1. The van der Waals surface area contributed by atoms with Gasteiger partial charge in [0, 0.05) is 24.2 Å². The first-order valence-corrected chi connectivity index (χ1v) is 7.36. The van der Waals surface area contributed by atoms with Crippen LogP contribution >= 0.6 is 0 Å². The van der Waals surface area contributed by atoms with Gasteiger partial charge in [-0.15, -0.1) is 0 Å². The van der Waals surface area contributed by atoms with Gasteiger partial charge in [0.15, 0.2) is 0 Å². The molecule has 106 valence electrons. The molecule has 0 spiro atoms. The quantitative estimate of drug-likeness (QED) is 0.770. The second kappa shape index (κ2) is 6.33. The Morgan fingerprint density at radius 1 is 1.39 bits per heavy atom. The summed E-state index contributed by atoms with van der Waals surface area (Å²) in [6.07, 6.45) is 5.77. The molecule has 1 heterocycles. The molecule has 0 aromatic heterocycles. The third-order valence-electron chi connectivity index (χ3n) is 4.73. The molecule has 2 fully saturated rings. The van der Waals surface area contributed by atoms with Crippen LogP contribution in [0.1, 0.15) is 39.0 Å². The van der Waals surface area contributed by atoms with Crippen LogP contribution in [-0.4, -0.2) is 61.0 Å². The van der Waals surface area contributed by atoms with Crippen molar-refractivity contribution in [2.24, 2.45) is 0 Å². The fourth-order valence-electron chi connectivity index (χ4n) is 3.56. The topological polar surface area (TPSA) is 44.7 Å². The van der Waals surface area contributed by atoms with E-state index in [9.17, 15) is 5.11 Å². The molecule has 4 nitrogen and oxygen atoms in total. The Morgan fingerprint density at radius 3 is 2.83 bits per heavy atom. The standard InChI is InChI=1S/C14H28N2O2/c1-3-15-14(11-17)7-4-5-12(9-14)16(2)13-6-8-18-10-13/h12-13,15,17H,3-11H2,1-2H3. The van der Waals surface area contributed by atoms with E-state index >= 15 is 0 Å². The summed E-state index contributed by atoms with van der Waals surface area (Å²) in [6, 6.07) is 1.16. The summed E-state index contributed by atoms with van der Waals surface area (Å²) >= 11 is 0. The Kier molecular flexibility index (Phi) is 5.01. The SMILES string of the molecule is CCNC1(CO)CCCC(N(C)C2CCOC2)C1. The smallest absolute Gasteiger partial charge is 0.0622 e. The molecule has 3 unspecified atom stereocenters. The van der Waals surface area contributed by atoms with Crippen LogP contribution in [0.3, 0.4) is 0 Å². The van der Waals surface area contributed by atoms with Gasteiger partial charge in [0.05, 0.1) is 13.2 Å². The molecule has 2 aliphatic rings. The minimum atomic E-state index is -0.0502. The second-order valence-electron chi connectivity index (χ2n) is 5.90. The largest absolute Gasteiger partial charge is 0.394 e. The molecule has 2 rings (SSSR count). The predicted octanol–water partition coefficient (Wildman–Crippen LogP) is 0.990. The molecule has 0 radical (unpaired) electrons. The van der Waals surface area contributed by atoms with Crippen molar-refractivity contribution in [2.75, 3.05) is 33.4 Å². The minimum Gasteiger partial charge on any atom is -0.394 e. The van der Waals surface area contributed by atoms with Gasteiger partial charge in [-0.25, -0.2) is 0 Å². The van der Waals surface area contributed by atoms with Crippen LogP contribution in [0.2, 0.25) is 0 Å². The van der Waals surface area contributed by atoms with E-state index in [1.807, 2.05) is 0 Å². The van der Waals surface area contributed by atoms with Crippen molar-refractivity contribution >= 4 is 0 Å². The Morgan fingerprint density at radius 2 is 2.22 bits per heavy atom. The molecule has 1 aliphatic heterocycles. The van der Waals surface area contributed by atoms with E-state index < -0.39 is 0 Å². The van der Waals surface area contributed by atoms with Gasteiger partial charge in [0.2, 0.25) is 0 Å². The van der Waals surface area contributed by atoms with Crippen LogP contribution in [0.15, 0.2) is 0 Å². The number of rotatable bonds is 5. The zero-order chi connectivity index (χ0) is 13.0. The van der Waals surface area contributed by atoms with Gasteiger partial charge in [-0.1, -0.05) is 6.92 Å². The van der Waals surface area contributed by atoms with E-state index in [1.54, 1.807) is 0 Å². The lowest BCUT2D eigenvalue weighted by molar-refractivity contribution is 0.0495. The highest BCUT2D eigenvalue weighted by Gasteiger charge is 2.38. The van der Waals surface area contributed by atoms with E-state index in [-0.39, 0.29) is 12.1 Å². The molecule has 1 saturated heterocycles. The third kappa shape index (κ3) is 3.05. The van der Waals surface area contributed by atoms with Gasteiger partial charge in [-0.05, 0) is 45.7 Å². The van der Waals surface area contributed by atoms with Crippen molar-refractivity contribution < 1.29 is 9.84 Å². The zero-order valence-electron chi connectivity index (χ0n) is 11.8. The molecular formula is C14H28N2O2. The monoisotopic (exact) mass is 256 g/mol. The molecule has 2 N–H and O–H groups in total. The molecule has 0 bridgehead atoms. The number of nitrogens with zero attached hydrogens (tertiary/aromatic N) is 1. The van der Waals surface area contributed by atoms with Crippen LogP contribution in [-0.2, 0) is 4.74 Å². The summed E-state index contributed by atoms with van der Waals surface area (Å²) < 4.78 is 5.49. The summed E-state index contributed by atoms with van der Waals surface area (Å²) in [5.74, 6) is 0. The number of likely N-dealkylation sites (N-methyl/N-ethyl adjacent to an activating group) is 2. The van der Waals surface area contributed by atoms with Crippen LogP contribution in [0, 0.1) is 0 Å². The van der Waals surface area contributed by atoms with E-state index in [1.165, 1.54) is 12.8 Å². The van der Waals surface area contributed by atoms with Crippen LogP contribution in [0.4, 0.5) is 0 Å². The average Bonchev–Trinajstić information content (AvgIpc) is 2.92. The highest BCUT2D eigenvalue weighted by atomic mass is 16.5. The number of ether oxygens (including phenoxy) is 1. The Labute approximate surface area is 111 Å². The van der Waals surface area contributed by atoms with Crippen molar-refractivity contribution in [1.29, 1.82) is 0 Å². The van der Waals surface area contributed by atoms with Gasteiger partial charge in [0.1, 0.15) is 0 Å². The molecule has 0 aromatic rings. The average molecular weight is 256 g/mol. The van der Waals surface area contributed by atoms with Crippen LogP contribution in [0.25, 0.3) is 0 Å². The molecule has 4 heteroatoms. The van der Waals surface area contributed by atoms with E-state index in [0.29, 0.717) is 12.1 Å². The minimum absolute atomic E-state index is 0.0502. The number of aliphatic hydroxyl groups excluding tert-OH is 1. The first kappa shape index (κ1) is 14.3. The van der Waals surface area contributed by atoms with E-state index in [4.69, 9.17) is 4.74 Å². The normalized spacial score (nSPS) is 37.3. The molecule has 0 aromatic carbocycles. The van der Waals surface area contributed by atoms with Crippen molar-refractivity contribution in [3.05, 3.63) is 0 Å². The maximum Gasteiger partial charge on any atom is 0.0622 e. The van der Waals surface area contributed by atoms with Crippen molar-refractivity contribution in [2.45, 2.75) is 56.7 Å². The number of hydrogen-bond acceptors (Lipinski definition) is 4. The molecule has 1 aliphatic carbocycles. The maximum atomic E-state index is 9.73. The van der Waals surface area contributed by atoms with Crippen molar-refractivity contribution in [1.82, 2.24) is 10.2 Å². The predicted molar refractivity (Wildman–Crippen MR) is 72.7 cm³/mol. The zero-order valence-corrected chi connectivity index (χ0v) is 11.8. The summed E-state index contributed by atoms with van der Waals surface area (Å²) in [5.41, 5.74) is -0.0502. The lowest BCUT2D eigenvalue weighted by atomic mass is 9.78. The number of hydrogen-bond donors (Lipinski definition) is 2. The summed E-state index contributed by atoms with van der Waals surface area (Å²) in [7, 11) is 2.23. The third-order valence-corrected chi connectivity index (χ3v) is 4.73.